The van der Waals surface area contributed by atoms with Crippen LogP contribution in [0, 0.1) is 0 Å². The molecule has 2 amide bonds. The van der Waals surface area contributed by atoms with E-state index in [9.17, 15) is 9.59 Å². The Hall–Kier alpha value is -1.10. The lowest BCUT2D eigenvalue weighted by Crippen LogP contribution is -2.46. The monoisotopic (exact) mass is 201 g/mol. The average molecular weight is 201 g/mol. The fraction of sp³-hybridized carbons (Fsp3) is 0.778. The zero-order chi connectivity index (χ0) is 11.1. The zero-order valence-corrected chi connectivity index (χ0v) is 8.82. The molecule has 5 nitrogen and oxygen atoms in total. The second-order valence-corrected chi connectivity index (χ2v) is 3.37. The molecule has 0 aromatic carbocycles. The Kier molecular flexibility index (Phi) is 5.87. The molecule has 1 atom stereocenters. The Labute approximate surface area is 84.4 Å². The van der Waals surface area contributed by atoms with Crippen molar-refractivity contribution in [2.24, 2.45) is 11.5 Å². The van der Waals surface area contributed by atoms with Gasteiger partial charge >= 0.3 is 0 Å². The predicted molar refractivity (Wildman–Crippen MR) is 54.3 cm³/mol. The van der Waals surface area contributed by atoms with Gasteiger partial charge in [-0.1, -0.05) is 13.3 Å². The highest BCUT2D eigenvalue weighted by atomic mass is 16.2. The van der Waals surface area contributed by atoms with Gasteiger partial charge in [-0.2, -0.15) is 0 Å². The van der Waals surface area contributed by atoms with Crippen molar-refractivity contribution in [3.63, 3.8) is 0 Å². The molecule has 0 radical (unpaired) electrons. The molecule has 0 spiro atoms. The van der Waals surface area contributed by atoms with E-state index in [0.29, 0.717) is 6.54 Å². The highest BCUT2D eigenvalue weighted by molar-refractivity contribution is 5.86. The molecule has 0 saturated heterocycles. The molecule has 5 heteroatoms. The van der Waals surface area contributed by atoms with Crippen molar-refractivity contribution in [3.05, 3.63) is 0 Å². The van der Waals surface area contributed by atoms with Crippen LogP contribution in [-0.4, -0.2) is 35.8 Å². The van der Waals surface area contributed by atoms with Crippen LogP contribution in [0.1, 0.15) is 26.7 Å². The molecule has 0 fully saturated rings. The summed E-state index contributed by atoms with van der Waals surface area (Å²) in [6.45, 7) is 4.11. The van der Waals surface area contributed by atoms with Crippen LogP contribution in [0.4, 0.5) is 0 Å². The van der Waals surface area contributed by atoms with Crippen LogP contribution in [0.5, 0.6) is 0 Å². The first-order valence-electron chi connectivity index (χ1n) is 4.81. The van der Waals surface area contributed by atoms with Gasteiger partial charge in [-0.05, 0) is 13.3 Å². The minimum Gasteiger partial charge on any atom is -0.368 e. The highest BCUT2D eigenvalue weighted by Crippen LogP contribution is 1.97. The van der Waals surface area contributed by atoms with Crippen LogP contribution in [0.15, 0.2) is 0 Å². The molecular formula is C9H19N3O2. The van der Waals surface area contributed by atoms with Crippen molar-refractivity contribution in [1.29, 1.82) is 0 Å². The van der Waals surface area contributed by atoms with Crippen molar-refractivity contribution in [2.45, 2.75) is 32.7 Å². The van der Waals surface area contributed by atoms with E-state index in [1.165, 1.54) is 4.90 Å². The van der Waals surface area contributed by atoms with E-state index in [0.717, 1.165) is 12.8 Å². The molecule has 82 valence electrons. The molecule has 4 N–H and O–H groups in total. The summed E-state index contributed by atoms with van der Waals surface area (Å²) >= 11 is 0. The predicted octanol–water partition coefficient (Wildman–Crippen LogP) is -0.552. The van der Waals surface area contributed by atoms with Gasteiger partial charge in [0.1, 0.15) is 0 Å². The molecule has 0 bridgehead atoms. The molecule has 0 aromatic rings. The minimum atomic E-state index is -0.578. The number of amides is 2. The molecule has 0 saturated carbocycles. The SMILES string of the molecule is CCCCN(CC(N)=O)C(=O)[C@@H](C)N. The smallest absolute Gasteiger partial charge is 0.239 e. The Bertz CT molecular complexity index is 204. The maximum atomic E-state index is 11.5. The van der Waals surface area contributed by atoms with E-state index in [1.807, 2.05) is 6.92 Å². The average Bonchev–Trinajstić information content (AvgIpc) is 2.10. The molecule has 0 aromatic heterocycles. The van der Waals surface area contributed by atoms with E-state index < -0.39 is 11.9 Å². The Morgan fingerprint density at radius 2 is 2.00 bits per heavy atom. The van der Waals surface area contributed by atoms with E-state index in [2.05, 4.69) is 0 Å². The lowest BCUT2D eigenvalue weighted by atomic mass is 10.2. The van der Waals surface area contributed by atoms with Crippen LogP contribution < -0.4 is 11.5 Å². The minimum absolute atomic E-state index is 0.0413. The van der Waals surface area contributed by atoms with E-state index in [1.54, 1.807) is 6.92 Å². The third-order valence-electron chi connectivity index (χ3n) is 1.83. The third kappa shape index (κ3) is 4.81. The number of unbranched alkanes of at least 4 members (excludes halogenated alkanes) is 1. The van der Waals surface area contributed by atoms with Gasteiger partial charge in [0.05, 0.1) is 12.6 Å². The fourth-order valence-corrected chi connectivity index (χ4v) is 1.09. The number of carbonyl (C=O) groups excluding carboxylic acids is 2. The largest absolute Gasteiger partial charge is 0.368 e. The van der Waals surface area contributed by atoms with Crippen LogP contribution in [0.2, 0.25) is 0 Å². The summed E-state index contributed by atoms with van der Waals surface area (Å²) in [7, 11) is 0. The van der Waals surface area contributed by atoms with Crippen LogP contribution in [0.3, 0.4) is 0 Å². The Balaban J connectivity index is 4.22. The summed E-state index contributed by atoms with van der Waals surface area (Å²) in [5.74, 6) is -0.729. The number of hydrogen-bond acceptors (Lipinski definition) is 3. The van der Waals surface area contributed by atoms with Gasteiger partial charge in [0, 0.05) is 6.54 Å². The second-order valence-electron chi connectivity index (χ2n) is 3.37. The maximum absolute atomic E-state index is 11.5. The van der Waals surface area contributed by atoms with Gasteiger partial charge in [-0.3, -0.25) is 9.59 Å². The fourth-order valence-electron chi connectivity index (χ4n) is 1.09. The van der Waals surface area contributed by atoms with E-state index in [4.69, 9.17) is 11.5 Å². The van der Waals surface area contributed by atoms with Crippen molar-refractivity contribution >= 4 is 11.8 Å². The first-order chi connectivity index (χ1) is 6.49. The van der Waals surface area contributed by atoms with E-state index >= 15 is 0 Å². The summed E-state index contributed by atoms with van der Waals surface area (Å²) in [6.07, 6.45) is 1.81. The first-order valence-corrected chi connectivity index (χ1v) is 4.81. The lowest BCUT2D eigenvalue weighted by molar-refractivity contribution is -0.136. The molecule has 0 aliphatic heterocycles. The highest BCUT2D eigenvalue weighted by Gasteiger charge is 2.18. The van der Waals surface area contributed by atoms with E-state index in [-0.39, 0.29) is 12.5 Å². The van der Waals surface area contributed by atoms with Gasteiger partial charge in [0.25, 0.3) is 0 Å². The van der Waals surface area contributed by atoms with Crippen LogP contribution in [-0.2, 0) is 9.59 Å². The summed E-state index contributed by atoms with van der Waals surface area (Å²) < 4.78 is 0. The molecule has 0 rings (SSSR count). The first kappa shape index (κ1) is 12.9. The third-order valence-corrected chi connectivity index (χ3v) is 1.83. The quantitative estimate of drug-likeness (QED) is 0.604. The summed E-state index contributed by atoms with van der Waals surface area (Å²) in [5.41, 5.74) is 10.5. The van der Waals surface area contributed by atoms with Crippen LogP contribution >= 0.6 is 0 Å². The summed E-state index contributed by atoms with van der Waals surface area (Å²) in [4.78, 5) is 23.6. The molecule has 0 aliphatic carbocycles. The lowest BCUT2D eigenvalue weighted by Gasteiger charge is -2.22. The molecule has 0 unspecified atom stereocenters. The number of nitrogens with two attached hydrogens (primary N) is 2. The normalized spacial score (nSPS) is 12.2. The van der Waals surface area contributed by atoms with Crippen molar-refractivity contribution in [1.82, 2.24) is 4.90 Å². The molecule has 0 heterocycles. The van der Waals surface area contributed by atoms with Gasteiger partial charge in [0.15, 0.2) is 0 Å². The number of hydrogen-bond donors (Lipinski definition) is 2. The van der Waals surface area contributed by atoms with Gasteiger partial charge in [-0.25, -0.2) is 0 Å². The van der Waals surface area contributed by atoms with Gasteiger partial charge in [-0.15, -0.1) is 0 Å². The van der Waals surface area contributed by atoms with Gasteiger partial charge in [0.2, 0.25) is 11.8 Å². The van der Waals surface area contributed by atoms with Crippen LogP contribution in [0.25, 0.3) is 0 Å². The number of carbonyl (C=O) groups is 2. The maximum Gasteiger partial charge on any atom is 0.239 e. The topological polar surface area (TPSA) is 89.4 Å². The number of rotatable bonds is 6. The van der Waals surface area contributed by atoms with Gasteiger partial charge < -0.3 is 16.4 Å². The van der Waals surface area contributed by atoms with Crippen molar-refractivity contribution in [2.75, 3.05) is 13.1 Å². The second kappa shape index (κ2) is 6.37. The molecular weight excluding hydrogens is 182 g/mol. The van der Waals surface area contributed by atoms with Crippen molar-refractivity contribution < 1.29 is 9.59 Å². The zero-order valence-electron chi connectivity index (χ0n) is 8.82. The summed E-state index contributed by atoms with van der Waals surface area (Å²) in [5, 5.41) is 0. The molecule has 0 aliphatic rings. The number of nitrogens with zero attached hydrogens (tertiary/aromatic N) is 1. The van der Waals surface area contributed by atoms with Crippen molar-refractivity contribution in [3.8, 4) is 0 Å². The Morgan fingerprint density at radius 1 is 1.43 bits per heavy atom. The standard InChI is InChI=1S/C9H19N3O2/c1-3-4-5-12(6-8(11)13)9(14)7(2)10/h7H,3-6,10H2,1-2H3,(H2,11,13)/t7-/m1/s1. The number of primary amides is 1. The summed E-state index contributed by atoms with van der Waals surface area (Å²) in [6, 6.07) is -0.578. The molecule has 14 heavy (non-hydrogen) atoms. The Morgan fingerprint density at radius 3 is 2.36 bits per heavy atom.